The van der Waals surface area contributed by atoms with Crippen LogP contribution < -0.4 is 10.0 Å². The van der Waals surface area contributed by atoms with Crippen LogP contribution in [0.1, 0.15) is 11.4 Å². The Morgan fingerprint density at radius 1 is 1.12 bits per heavy atom. The van der Waals surface area contributed by atoms with E-state index < -0.39 is 10.0 Å². The predicted molar refractivity (Wildman–Crippen MR) is 91.1 cm³/mol. The minimum atomic E-state index is -3.25. The van der Waals surface area contributed by atoms with Crippen molar-refractivity contribution in [2.24, 2.45) is 0 Å². The van der Waals surface area contributed by atoms with Gasteiger partial charge in [-0.25, -0.2) is 17.5 Å². The van der Waals surface area contributed by atoms with Crippen molar-refractivity contribution in [3.63, 3.8) is 0 Å². The minimum Gasteiger partial charge on any atom is -0.365 e. The fourth-order valence-electron chi connectivity index (χ4n) is 2.23. The summed E-state index contributed by atoms with van der Waals surface area (Å²) < 4.78 is 39.1. The third-order valence-corrected chi connectivity index (χ3v) is 4.16. The molecule has 25 heavy (non-hydrogen) atoms. The number of benzene rings is 1. The molecule has 2 heterocycles. The van der Waals surface area contributed by atoms with Crippen molar-refractivity contribution >= 4 is 21.5 Å². The van der Waals surface area contributed by atoms with E-state index in [1.807, 2.05) is 0 Å². The molecule has 2 N–H and O–H groups in total. The molecule has 0 fully saturated rings. The topological polar surface area (TPSA) is 101 Å². The molecule has 8 nitrogen and oxygen atoms in total. The Morgan fingerprint density at radius 2 is 1.88 bits per heavy atom. The van der Waals surface area contributed by atoms with Gasteiger partial charge >= 0.3 is 0 Å². The highest BCUT2D eigenvalue weighted by Crippen LogP contribution is 2.10. The molecule has 3 rings (SSSR count). The summed E-state index contributed by atoms with van der Waals surface area (Å²) in [6, 6.07) is 9.73. The molecular weight excluding hydrogens is 347 g/mol. The number of nitrogens with one attached hydrogen (secondary N) is 2. The van der Waals surface area contributed by atoms with E-state index in [9.17, 15) is 12.8 Å². The van der Waals surface area contributed by atoms with E-state index in [2.05, 4.69) is 25.3 Å². The first kappa shape index (κ1) is 17.2. The smallest absolute Gasteiger partial charge is 0.208 e. The van der Waals surface area contributed by atoms with E-state index in [1.54, 1.807) is 28.8 Å². The highest BCUT2D eigenvalue weighted by atomic mass is 32.2. The molecular formula is C15H17FN6O2S. The summed E-state index contributed by atoms with van der Waals surface area (Å²) in [7, 11) is -3.25. The van der Waals surface area contributed by atoms with Gasteiger partial charge in [-0.1, -0.05) is 12.1 Å². The second-order valence-electron chi connectivity index (χ2n) is 5.50. The summed E-state index contributed by atoms with van der Waals surface area (Å²) in [4.78, 5) is 0. The Balaban J connectivity index is 1.70. The lowest BCUT2D eigenvalue weighted by Crippen LogP contribution is -2.25. The first-order chi connectivity index (χ1) is 11.9. The minimum absolute atomic E-state index is 0.217. The average molecular weight is 364 g/mol. The third-order valence-electron chi connectivity index (χ3n) is 3.43. The van der Waals surface area contributed by atoms with Crippen LogP contribution >= 0.6 is 0 Å². The van der Waals surface area contributed by atoms with E-state index in [4.69, 9.17) is 0 Å². The van der Waals surface area contributed by atoms with Gasteiger partial charge in [-0.15, -0.1) is 15.3 Å². The van der Waals surface area contributed by atoms with Crippen LogP contribution in [0.4, 0.5) is 10.2 Å². The molecule has 0 saturated heterocycles. The first-order valence-electron chi connectivity index (χ1n) is 7.55. The lowest BCUT2D eigenvalue weighted by molar-refractivity contribution is 0.586. The van der Waals surface area contributed by atoms with Crippen molar-refractivity contribution in [2.75, 3.05) is 18.1 Å². The van der Waals surface area contributed by atoms with Gasteiger partial charge in [0, 0.05) is 19.5 Å². The lowest BCUT2D eigenvalue weighted by atomic mass is 10.2. The van der Waals surface area contributed by atoms with Gasteiger partial charge in [0.15, 0.2) is 11.5 Å². The molecule has 10 heteroatoms. The number of anilines is 1. The van der Waals surface area contributed by atoms with Gasteiger partial charge in [0.1, 0.15) is 11.6 Å². The molecule has 2 aromatic heterocycles. The molecule has 0 unspecified atom stereocenters. The molecule has 0 saturated carbocycles. The second-order valence-corrected chi connectivity index (χ2v) is 7.33. The average Bonchev–Trinajstić information content (AvgIpc) is 2.96. The van der Waals surface area contributed by atoms with Crippen molar-refractivity contribution in [1.29, 1.82) is 0 Å². The lowest BCUT2D eigenvalue weighted by Gasteiger charge is -2.07. The van der Waals surface area contributed by atoms with Crippen LogP contribution in [0, 0.1) is 5.82 Å². The Labute approximate surface area is 144 Å². The van der Waals surface area contributed by atoms with E-state index >= 15 is 0 Å². The monoisotopic (exact) mass is 364 g/mol. The Hall–Kier alpha value is -2.59. The van der Waals surface area contributed by atoms with Crippen LogP contribution in [0.5, 0.6) is 0 Å². The fraction of sp³-hybridized carbons (Fsp3) is 0.267. The largest absolute Gasteiger partial charge is 0.365 e. The fourth-order valence-corrected chi connectivity index (χ4v) is 2.70. The van der Waals surface area contributed by atoms with Crippen molar-refractivity contribution < 1.29 is 12.8 Å². The van der Waals surface area contributed by atoms with Gasteiger partial charge in [-0.3, -0.25) is 0 Å². The van der Waals surface area contributed by atoms with Crippen LogP contribution in [0.3, 0.4) is 0 Å². The highest BCUT2D eigenvalue weighted by molar-refractivity contribution is 7.88. The van der Waals surface area contributed by atoms with Gasteiger partial charge < -0.3 is 5.32 Å². The summed E-state index contributed by atoms with van der Waals surface area (Å²) in [5, 5.41) is 15.6. The number of nitrogens with zero attached hydrogens (tertiary/aromatic N) is 4. The highest BCUT2D eigenvalue weighted by Gasteiger charge is 2.09. The summed E-state index contributed by atoms with van der Waals surface area (Å²) >= 11 is 0. The quantitative estimate of drug-likeness (QED) is 0.648. The van der Waals surface area contributed by atoms with Crippen molar-refractivity contribution in [3.05, 3.63) is 53.6 Å². The van der Waals surface area contributed by atoms with E-state index in [-0.39, 0.29) is 12.4 Å². The molecule has 0 amide bonds. The van der Waals surface area contributed by atoms with Crippen LogP contribution in [0.2, 0.25) is 0 Å². The van der Waals surface area contributed by atoms with Crippen LogP contribution in [-0.2, 0) is 23.0 Å². The molecule has 0 aliphatic heterocycles. The van der Waals surface area contributed by atoms with Crippen LogP contribution in [0.15, 0.2) is 36.4 Å². The summed E-state index contributed by atoms with van der Waals surface area (Å²) in [6.07, 6.45) is 1.47. The van der Waals surface area contributed by atoms with Gasteiger partial charge in [0.2, 0.25) is 10.0 Å². The molecule has 0 atom stereocenters. The van der Waals surface area contributed by atoms with E-state index in [0.29, 0.717) is 30.3 Å². The predicted octanol–water partition coefficient (Wildman–Crippen LogP) is 0.967. The number of sulfonamides is 1. The molecule has 0 spiro atoms. The molecule has 1 aromatic carbocycles. The third kappa shape index (κ3) is 4.70. The number of fused-ring (bicyclic) bond motifs is 1. The van der Waals surface area contributed by atoms with Gasteiger partial charge in [0.25, 0.3) is 0 Å². The van der Waals surface area contributed by atoms with E-state index in [1.165, 1.54) is 12.1 Å². The zero-order chi connectivity index (χ0) is 17.9. The zero-order valence-corrected chi connectivity index (χ0v) is 14.3. The molecule has 0 radical (unpaired) electrons. The number of hydrogen-bond donors (Lipinski definition) is 2. The normalized spacial score (nSPS) is 11.8. The Bertz CT molecular complexity index is 971. The summed E-state index contributed by atoms with van der Waals surface area (Å²) in [6.45, 7) is 0.709. The molecule has 0 aliphatic rings. The van der Waals surface area contributed by atoms with Crippen molar-refractivity contribution in [2.45, 2.75) is 13.0 Å². The van der Waals surface area contributed by atoms with Crippen molar-refractivity contribution in [1.82, 2.24) is 24.5 Å². The SMILES string of the molecule is CS(=O)(=O)NCCc1nnc2ccc(NCc3ccc(F)cc3)nn12. The zero-order valence-electron chi connectivity index (χ0n) is 13.5. The van der Waals surface area contributed by atoms with Crippen molar-refractivity contribution in [3.8, 4) is 0 Å². The van der Waals surface area contributed by atoms with Gasteiger partial charge in [0.05, 0.1) is 6.26 Å². The second kappa shape index (κ2) is 7.11. The maximum Gasteiger partial charge on any atom is 0.208 e. The van der Waals surface area contributed by atoms with Crippen LogP contribution in [-0.4, -0.2) is 41.0 Å². The Morgan fingerprint density at radius 3 is 2.60 bits per heavy atom. The number of rotatable bonds is 7. The number of halogens is 1. The van der Waals surface area contributed by atoms with E-state index in [0.717, 1.165) is 11.8 Å². The summed E-state index contributed by atoms with van der Waals surface area (Å²) in [5.41, 5.74) is 1.49. The van der Waals surface area contributed by atoms with Crippen LogP contribution in [0.25, 0.3) is 5.65 Å². The van der Waals surface area contributed by atoms with Gasteiger partial charge in [-0.2, -0.15) is 4.52 Å². The Kier molecular flexibility index (Phi) is 4.91. The number of hydrogen-bond acceptors (Lipinski definition) is 6. The molecule has 132 valence electrons. The number of aromatic nitrogens is 4. The molecule has 0 bridgehead atoms. The van der Waals surface area contributed by atoms with Gasteiger partial charge in [-0.05, 0) is 29.8 Å². The summed E-state index contributed by atoms with van der Waals surface area (Å²) in [5.74, 6) is 0.880. The molecule has 3 aromatic rings. The maximum atomic E-state index is 12.9. The maximum absolute atomic E-state index is 12.9. The molecule has 0 aliphatic carbocycles. The standard InChI is InChI=1S/C15H17FN6O2S/c1-25(23,24)18-9-8-15-20-19-14-7-6-13(21-22(14)15)17-10-11-2-4-12(16)5-3-11/h2-7,18H,8-10H2,1H3,(H,17,21). The first-order valence-corrected chi connectivity index (χ1v) is 9.44.